The monoisotopic (exact) mass is 140 g/mol. The molecule has 0 radical (unpaired) electrons. The number of hydrogen-bond donors (Lipinski definition) is 1. The molecule has 0 aromatic heterocycles. The van der Waals surface area contributed by atoms with E-state index in [4.69, 9.17) is 0 Å². The van der Waals surface area contributed by atoms with Crippen LogP contribution in [0.5, 0.6) is 0 Å². The molecule has 0 atom stereocenters. The van der Waals surface area contributed by atoms with Gasteiger partial charge in [0.25, 0.3) is 0 Å². The van der Waals surface area contributed by atoms with Gasteiger partial charge in [-0.25, -0.2) is 0 Å². The molecule has 0 unspecified atom stereocenters. The summed E-state index contributed by atoms with van der Waals surface area (Å²) >= 11 is 4.32. The predicted octanol–water partition coefficient (Wildman–Crippen LogP) is 2.93. The molecule has 1 aliphatic rings. The first kappa shape index (κ1) is 6.94. The first-order chi connectivity index (χ1) is 4.20. The minimum Gasteiger partial charge on any atom is -0.143 e. The molecule has 0 spiro atoms. The molecule has 0 saturated heterocycles. The van der Waals surface area contributed by atoms with Crippen LogP contribution < -0.4 is 0 Å². The van der Waals surface area contributed by atoms with Crippen molar-refractivity contribution in [1.29, 1.82) is 0 Å². The summed E-state index contributed by atoms with van der Waals surface area (Å²) in [6.45, 7) is 4.30. The van der Waals surface area contributed by atoms with Gasteiger partial charge in [-0.1, -0.05) is 11.1 Å². The zero-order chi connectivity index (χ0) is 6.85. The Morgan fingerprint density at radius 2 is 2.00 bits per heavy atom. The summed E-state index contributed by atoms with van der Waals surface area (Å²) in [4.78, 5) is 1.17. The van der Waals surface area contributed by atoms with Crippen LogP contribution in [0.15, 0.2) is 22.1 Å². The van der Waals surface area contributed by atoms with Crippen LogP contribution in [0.3, 0.4) is 0 Å². The summed E-state index contributed by atoms with van der Waals surface area (Å²) in [5.74, 6) is 0. The lowest BCUT2D eigenvalue weighted by Gasteiger charge is -2.10. The molecule has 0 aliphatic heterocycles. The third kappa shape index (κ3) is 1.62. The Kier molecular flexibility index (Phi) is 2.01. The van der Waals surface area contributed by atoms with Crippen molar-refractivity contribution in [2.24, 2.45) is 0 Å². The zero-order valence-corrected chi connectivity index (χ0v) is 6.83. The molecule has 0 N–H and O–H groups in total. The standard InChI is InChI=1S/C8H12S/c1-6-3-4-7(2)8(9)5-6/h5,9H,3-4H2,1-2H3. The first-order valence-corrected chi connectivity index (χ1v) is 3.71. The fourth-order valence-electron chi connectivity index (χ4n) is 0.942. The maximum Gasteiger partial charge on any atom is 0.00287 e. The van der Waals surface area contributed by atoms with Gasteiger partial charge in [0.15, 0.2) is 0 Å². The topological polar surface area (TPSA) is 0 Å². The van der Waals surface area contributed by atoms with Gasteiger partial charge >= 0.3 is 0 Å². The second-order valence-corrected chi connectivity index (χ2v) is 3.14. The predicted molar refractivity (Wildman–Crippen MR) is 44.7 cm³/mol. The number of rotatable bonds is 0. The van der Waals surface area contributed by atoms with Gasteiger partial charge in [-0.3, -0.25) is 0 Å². The van der Waals surface area contributed by atoms with E-state index >= 15 is 0 Å². The van der Waals surface area contributed by atoms with Crippen LogP contribution in [0.2, 0.25) is 0 Å². The summed E-state index contributed by atoms with van der Waals surface area (Å²) in [5, 5.41) is 0. The van der Waals surface area contributed by atoms with E-state index < -0.39 is 0 Å². The lowest BCUT2D eigenvalue weighted by molar-refractivity contribution is 0.902. The Hall–Kier alpha value is -0.170. The highest BCUT2D eigenvalue weighted by Gasteiger charge is 2.02. The second-order valence-electron chi connectivity index (χ2n) is 2.66. The van der Waals surface area contributed by atoms with Crippen molar-refractivity contribution >= 4 is 12.6 Å². The van der Waals surface area contributed by atoms with Gasteiger partial charge in [0.05, 0.1) is 0 Å². The smallest absolute Gasteiger partial charge is 0.00287 e. The number of allylic oxidation sites excluding steroid dienone is 3. The largest absolute Gasteiger partial charge is 0.143 e. The van der Waals surface area contributed by atoms with E-state index in [9.17, 15) is 0 Å². The van der Waals surface area contributed by atoms with Crippen LogP contribution in [0.1, 0.15) is 26.7 Å². The highest BCUT2D eigenvalue weighted by Crippen LogP contribution is 2.24. The highest BCUT2D eigenvalue weighted by atomic mass is 32.1. The molecule has 0 nitrogen and oxygen atoms in total. The van der Waals surface area contributed by atoms with Gasteiger partial charge in [0.2, 0.25) is 0 Å². The Balaban J connectivity index is 2.83. The normalized spacial score (nSPS) is 20.1. The Labute approximate surface area is 62.1 Å². The lowest BCUT2D eigenvalue weighted by atomic mass is 10.0. The van der Waals surface area contributed by atoms with Gasteiger partial charge in [-0.15, -0.1) is 12.6 Å². The molecule has 50 valence electrons. The van der Waals surface area contributed by atoms with Crippen LogP contribution in [0.4, 0.5) is 0 Å². The molecule has 1 rings (SSSR count). The van der Waals surface area contributed by atoms with Gasteiger partial charge in [0, 0.05) is 4.91 Å². The fraction of sp³-hybridized carbons (Fsp3) is 0.500. The number of thiol groups is 1. The van der Waals surface area contributed by atoms with Crippen molar-refractivity contribution in [3.05, 3.63) is 22.1 Å². The molecule has 0 saturated carbocycles. The SMILES string of the molecule is CC1=CC(S)=C(C)CC1. The van der Waals surface area contributed by atoms with Crippen LogP contribution >= 0.6 is 12.6 Å². The first-order valence-electron chi connectivity index (χ1n) is 3.26. The molecule has 0 heterocycles. The molecule has 9 heavy (non-hydrogen) atoms. The fourth-order valence-corrected chi connectivity index (χ4v) is 1.27. The third-order valence-corrected chi connectivity index (χ3v) is 2.23. The Morgan fingerprint density at radius 3 is 2.44 bits per heavy atom. The van der Waals surface area contributed by atoms with E-state index in [0.717, 1.165) is 0 Å². The summed E-state index contributed by atoms with van der Waals surface area (Å²) in [6.07, 6.45) is 4.57. The quantitative estimate of drug-likeness (QED) is 0.491. The molecule has 0 aromatic rings. The molecule has 0 fully saturated rings. The maximum absolute atomic E-state index is 4.32. The number of hydrogen-bond acceptors (Lipinski definition) is 1. The summed E-state index contributed by atoms with van der Waals surface area (Å²) in [7, 11) is 0. The average Bonchev–Trinajstić information content (AvgIpc) is 1.80. The summed E-state index contributed by atoms with van der Waals surface area (Å²) < 4.78 is 0. The van der Waals surface area contributed by atoms with Crippen LogP contribution in [-0.4, -0.2) is 0 Å². The minimum absolute atomic E-state index is 1.17. The molecule has 0 aromatic carbocycles. The molecule has 0 amide bonds. The lowest BCUT2D eigenvalue weighted by Crippen LogP contribution is -1.89. The van der Waals surface area contributed by atoms with Gasteiger partial charge in [0.1, 0.15) is 0 Å². The maximum atomic E-state index is 4.32. The zero-order valence-electron chi connectivity index (χ0n) is 5.94. The highest BCUT2D eigenvalue weighted by molar-refractivity contribution is 7.84. The Bertz CT molecular complexity index is 175. The van der Waals surface area contributed by atoms with E-state index in [2.05, 4.69) is 32.6 Å². The van der Waals surface area contributed by atoms with Crippen LogP contribution in [0, 0.1) is 0 Å². The van der Waals surface area contributed by atoms with Crippen molar-refractivity contribution in [3.8, 4) is 0 Å². The van der Waals surface area contributed by atoms with Crippen LogP contribution in [0.25, 0.3) is 0 Å². The van der Waals surface area contributed by atoms with Crippen molar-refractivity contribution in [3.63, 3.8) is 0 Å². The summed E-state index contributed by atoms with van der Waals surface area (Å²) in [6, 6.07) is 0. The molecular formula is C8H12S. The van der Waals surface area contributed by atoms with Crippen molar-refractivity contribution in [2.45, 2.75) is 26.7 Å². The molecule has 0 bridgehead atoms. The average molecular weight is 140 g/mol. The minimum atomic E-state index is 1.17. The van der Waals surface area contributed by atoms with E-state index in [0.29, 0.717) is 0 Å². The van der Waals surface area contributed by atoms with Gasteiger partial charge in [-0.2, -0.15) is 0 Å². The van der Waals surface area contributed by atoms with Crippen molar-refractivity contribution < 1.29 is 0 Å². The van der Waals surface area contributed by atoms with Crippen molar-refractivity contribution in [2.75, 3.05) is 0 Å². The van der Waals surface area contributed by atoms with Gasteiger partial charge < -0.3 is 0 Å². The molecular weight excluding hydrogens is 128 g/mol. The van der Waals surface area contributed by atoms with Crippen molar-refractivity contribution in [1.82, 2.24) is 0 Å². The van der Waals surface area contributed by atoms with E-state index in [1.54, 1.807) is 0 Å². The Morgan fingerprint density at radius 1 is 1.33 bits per heavy atom. The van der Waals surface area contributed by atoms with E-state index in [1.165, 1.54) is 28.9 Å². The summed E-state index contributed by atoms with van der Waals surface area (Å²) in [5.41, 5.74) is 2.87. The molecule has 1 heteroatoms. The second kappa shape index (κ2) is 2.61. The van der Waals surface area contributed by atoms with Gasteiger partial charge in [-0.05, 0) is 32.8 Å². The van der Waals surface area contributed by atoms with E-state index in [-0.39, 0.29) is 0 Å². The van der Waals surface area contributed by atoms with Crippen LogP contribution in [-0.2, 0) is 0 Å². The molecule has 1 aliphatic carbocycles. The van der Waals surface area contributed by atoms with E-state index in [1.807, 2.05) is 0 Å². The third-order valence-electron chi connectivity index (χ3n) is 1.71.